The number of nitrogens with one attached hydrogen (secondary N) is 2. The Morgan fingerprint density at radius 3 is 2.40 bits per heavy atom. The van der Waals surface area contributed by atoms with Crippen molar-refractivity contribution in [2.24, 2.45) is 5.16 Å². The normalized spacial score (nSPS) is 19.1. The van der Waals surface area contributed by atoms with Crippen LogP contribution in [0.2, 0.25) is 18.1 Å². The van der Waals surface area contributed by atoms with Crippen LogP contribution in [0.3, 0.4) is 0 Å². The van der Waals surface area contributed by atoms with E-state index in [1.807, 2.05) is 33.9 Å². The summed E-state index contributed by atoms with van der Waals surface area (Å²) in [5, 5.41) is 9.86. The fourth-order valence-corrected chi connectivity index (χ4v) is 7.37. The van der Waals surface area contributed by atoms with Crippen LogP contribution in [0.4, 0.5) is 9.93 Å². The number of hydrogen-bond acceptors (Lipinski definition) is 14. The predicted molar refractivity (Wildman–Crippen MR) is 189 cm³/mol. The van der Waals surface area contributed by atoms with Crippen molar-refractivity contribution in [1.29, 1.82) is 0 Å². The molecular formula is C27H40B2ClN5O10S2Si. The van der Waals surface area contributed by atoms with Gasteiger partial charge in [-0.3, -0.25) is 19.8 Å². The van der Waals surface area contributed by atoms with Crippen LogP contribution in [0.15, 0.2) is 21.8 Å². The van der Waals surface area contributed by atoms with Gasteiger partial charge in [-0.25, -0.2) is 19.4 Å². The van der Waals surface area contributed by atoms with Crippen LogP contribution >= 0.6 is 34.7 Å². The molecule has 3 atom stereocenters. The maximum absolute atomic E-state index is 13.8. The summed E-state index contributed by atoms with van der Waals surface area (Å²) < 4.78 is 21.2. The molecule has 262 valence electrons. The monoisotopic (exact) mass is 743 g/mol. The Morgan fingerprint density at radius 2 is 1.83 bits per heavy atom. The van der Waals surface area contributed by atoms with Crippen LogP contribution in [-0.4, -0.2) is 111 Å². The zero-order chi connectivity index (χ0) is 36.2. The van der Waals surface area contributed by atoms with E-state index in [4.69, 9.17) is 34.9 Å². The lowest BCUT2D eigenvalue weighted by Gasteiger charge is -2.49. The highest BCUT2D eigenvalue weighted by Gasteiger charge is 2.54. The number of carbonyl (C=O) groups is 5. The Balaban J connectivity index is 1.91. The molecule has 48 heavy (non-hydrogen) atoms. The largest absolute Gasteiger partial charge is 0.541 e. The second-order valence-corrected chi connectivity index (χ2v) is 20.3. The van der Waals surface area contributed by atoms with E-state index in [9.17, 15) is 24.0 Å². The standard InChI is InChI=1S/C27H40B2ClN5O10S2Si/c1-26(2,3)42-25(40)33-24-31-14(12-47-24)16(34-45-15(22(38)43-28)10-41-48(7,8)27(4,5)6)19(36)32-17-20(37)35-18(23(39)44-29)13(9-30)11-46-21(17)35/h12,15,17,21H,9-11,28-29H2,1-8H3,(H,32,36)(H,31,33,40)/b34-16-/t15-,17+,21+/m0/s1. The summed E-state index contributed by atoms with van der Waals surface area (Å²) in [7, 11) is 0.0443. The van der Waals surface area contributed by atoms with Gasteiger partial charge in [-0.15, -0.1) is 34.7 Å². The fourth-order valence-electron chi connectivity index (χ4n) is 4.01. The number of thioether (sulfide) groups is 1. The molecular weight excluding hydrogens is 704 g/mol. The molecule has 15 nitrogen and oxygen atoms in total. The van der Waals surface area contributed by atoms with Crippen molar-refractivity contribution in [3.63, 3.8) is 0 Å². The van der Waals surface area contributed by atoms with Crippen LogP contribution in [0.1, 0.15) is 47.2 Å². The number of rotatable bonds is 12. The number of carbonyl (C=O) groups excluding carboxylic acids is 5. The predicted octanol–water partition coefficient (Wildman–Crippen LogP) is 1.68. The first-order chi connectivity index (χ1) is 22.2. The van der Waals surface area contributed by atoms with Gasteiger partial charge in [0.25, 0.3) is 11.8 Å². The zero-order valence-corrected chi connectivity index (χ0v) is 31.9. The van der Waals surface area contributed by atoms with Gasteiger partial charge >= 0.3 is 34.1 Å². The van der Waals surface area contributed by atoms with E-state index in [2.05, 4.69) is 20.8 Å². The number of nitrogens with zero attached hydrogens (tertiary/aromatic N) is 3. The molecule has 21 heteroatoms. The number of fused-ring (bicyclic) bond motifs is 1. The molecule has 0 saturated carbocycles. The molecule has 3 rings (SSSR count). The lowest BCUT2D eigenvalue weighted by Crippen LogP contribution is -2.71. The van der Waals surface area contributed by atoms with Gasteiger partial charge in [-0.05, 0) is 44.5 Å². The van der Waals surface area contributed by atoms with Crippen molar-refractivity contribution in [2.45, 2.75) is 82.8 Å². The molecule has 2 aliphatic heterocycles. The summed E-state index contributed by atoms with van der Waals surface area (Å²) in [5.41, 5.74) is -0.629. The van der Waals surface area contributed by atoms with Crippen LogP contribution in [-0.2, 0) is 42.5 Å². The number of oxime groups is 1. The highest BCUT2D eigenvalue weighted by Crippen LogP contribution is 2.41. The first-order valence-electron chi connectivity index (χ1n) is 14.8. The lowest BCUT2D eigenvalue weighted by molar-refractivity contribution is -0.149. The number of alkyl halides is 1. The summed E-state index contributed by atoms with van der Waals surface area (Å²) in [6, 6.07) is -1.06. The van der Waals surface area contributed by atoms with E-state index in [1.54, 1.807) is 20.8 Å². The number of hydrogen-bond donors (Lipinski definition) is 2. The molecule has 0 spiro atoms. The van der Waals surface area contributed by atoms with Gasteiger partial charge in [0, 0.05) is 17.0 Å². The van der Waals surface area contributed by atoms with Crippen molar-refractivity contribution in [2.75, 3.05) is 23.6 Å². The van der Waals surface area contributed by atoms with Gasteiger partial charge < -0.3 is 28.6 Å². The molecule has 2 aliphatic rings. The Kier molecular flexibility index (Phi) is 12.8. The number of β-lactam (4-membered cyclic amide) rings is 1. The Hall–Kier alpha value is -3.06. The van der Waals surface area contributed by atoms with Gasteiger partial charge in [0.15, 0.2) is 19.2 Å². The zero-order valence-electron chi connectivity index (χ0n) is 28.5. The molecule has 0 aliphatic carbocycles. The number of halogens is 1. The second kappa shape index (κ2) is 15.7. The van der Waals surface area contributed by atoms with E-state index in [0.29, 0.717) is 11.3 Å². The summed E-state index contributed by atoms with van der Waals surface area (Å²) in [6.45, 7) is 15.0. The molecule has 0 radical (unpaired) electrons. The molecule has 2 N–H and O–H groups in total. The number of anilines is 1. The molecule has 1 fully saturated rings. The maximum atomic E-state index is 13.8. The lowest BCUT2D eigenvalue weighted by atomic mass is 10.0. The number of aromatic nitrogens is 1. The Morgan fingerprint density at radius 1 is 1.17 bits per heavy atom. The third-order valence-electron chi connectivity index (χ3n) is 7.58. The highest BCUT2D eigenvalue weighted by molar-refractivity contribution is 8.00. The summed E-state index contributed by atoms with van der Waals surface area (Å²) in [6.07, 6.45) is -2.11. The summed E-state index contributed by atoms with van der Waals surface area (Å²) in [5.74, 6) is -2.59. The van der Waals surface area contributed by atoms with Gasteiger partial charge in [-0.1, -0.05) is 25.9 Å². The van der Waals surface area contributed by atoms with Gasteiger partial charge in [-0.2, -0.15) is 0 Å². The summed E-state index contributed by atoms with van der Waals surface area (Å²) >= 11 is 8.31. The molecule has 0 unspecified atom stereocenters. The fraction of sp³-hybridized carbons (Fsp3) is 0.593. The number of amides is 3. The SMILES string of the molecule is BOC(=O)C1=C(CCl)CS[C@@H]2[C@H](NC(=O)/C(=N\O[C@@H](CO[Si](C)(C)C(C)(C)C)C(=O)OB)c3csc(NC(=O)OC(C)(C)C)n3)C(=O)N12. The third kappa shape index (κ3) is 9.34. The van der Waals surface area contributed by atoms with E-state index < -0.39 is 67.0 Å². The van der Waals surface area contributed by atoms with Crippen molar-refractivity contribution in [3.8, 4) is 0 Å². The number of ether oxygens (including phenoxy) is 1. The van der Waals surface area contributed by atoms with Gasteiger partial charge in [0.05, 0.1) is 6.61 Å². The minimum atomic E-state index is -2.33. The van der Waals surface area contributed by atoms with Crippen molar-refractivity contribution >= 4 is 99.8 Å². The molecule has 1 aromatic heterocycles. The average molecular weight is 744 g/mol. The third-order valence-corrected chi connectivity index (χ3v) is 14.5. The maximum Gasteiger partial charge on any atom is 0.413 e. The molecule has 1 aromatic rings. The minimum absolute atomic E-state index is 0.0170. The highest BCUT2D eigenvalue weighted by atomic mass is 35.5. The molecule has 3 amide bonds. The van der Waals surface area contributed by atoms with Gasteiger partial charge in [0.1, 0.15) is 28.4 Å². The topological polar surface area (TPSA) is 184 Å². The molecule has 1 saturated heterocycles. The van der Waals surface area contributed by atoms with Crippen LogP contribution in [0.5, 0.6) is 0 Å². The van der Waals surface area contributed by atoms with Gasteiger partial charge in [0.2, 0.25) is 6.10 Å². The van der Waals surface area contributed by atoms with Crippen LogP contribution < -0.4 is 10.6 Å². The van der Waals surface area contributed by atoms with E-state index >= 15 is 0 Å². The van der Waals surface area contributed by atoms with E-state index in [-0.39, 0.29) is 34.0 Å². The summed E-state index contributed by atoms with van der Waals surface area (Å²) in [4.78, 5) is 75.6. The number of thiazole rings is 1. The first kappa shape index (κ1) is 39.4. The first-order valence-corrected chi connectivity index (χ1v) is 20.1. The molecule has 0 bridgehead atoms. The van der Waals surface area contributed by atoms with Crippen LogP contribution in [0.25, 0.3) is 0 Å². The molecule has 0 aromatic carbocycles. The van der Waals surface area contributed by atoms with Crippen molar-refractivity contribution < 1.29 is 47.3 Å². The minimum Gasteiger partial charge on any atom is -0.541 e. The molecule has 3 heterocycles. The van der Waals surface area contributed by atoms with Crippen molar-refractivity contribution in [3.05, 3.63) is 22.3 Å². The Bertz CT molecular complexity index is 1500. The smallest absolute Gasteiger partial charge is 0.413 e. The quantitative estimate of drug-likeness (QED) is 0.104. The van der Waals surface area contributed by atoms with Crippen molar-refractivity contribution in [1.82, 2.24) is 15.2 Å². The van der Waals surface area contributed by atoms with E-state index in [1.165, 1.54) is 38.1 Å². The van der Waals surface area contributed by atoms with E-state index in [0.717, 1.165) is 11.3 Å². The average Bonchev–Trinajstić information content (AvgIpc) is 3.45. The van der Waals surface area contributed by atoms with Crippen LogP contribution in [0, 0.1) is 0 Å². The second-order valence-electron chi connectivity index (χ2n) is 13.2. The Labute approximate surface area is 295 Å².